The number of benzene rings is 2. The molecule has 0 aromatic heterocycles. The van der Waals surface area contributed by atoms with Gasteiger partial charge in [-0.15, -0.1) is 0 Å². The van der Waals surface area contributed by atoms with Crippen LogP contribution in [0.25, 0.3) is 0 Å². The average Bonchev–Trinajstić information content (AvgIpc) is 2.64. The van der Waals surface area contributed by atoms with E-state index in [0.717, 1.165) is 19.3 Å². The van der Waals surface area contributed by atoms with E-state index in [2.05, 4.69) is 5.32 Å². The van der Waals surface area contributed by atoms with Crippen molar-refractivity contribution in [3.05, 3.63) is 58.1 Å². The Hall–Kier alpha value is -1.60. The molecular weight excluding hydrogens is 407 g/mol. The number of hydrogen-bond donors (Lipinski definition) is 1. The van der Waals surface area contributed by atoms with E-state index in [1.165, 1.54) is 30.3 Å². The molecule has 2 aromatic carbocycles. The van der Waals surface area contributed by atoms with Crippen LogP contribution in [0.15, 0.2) is 47.4 Å². The lowest BCUT2D eigenvalue weighted by molar-refractivity contribution is 0.102. The van der Waals surface area contributed by atoms with Gasteiger partial charge in [0.1, 0.15) is 0 Å². The summed E-state index contributed by atoms with van der Waals surface area (Å²) in [5.41, 5.74) is 0.775. The van der Waals surface area contributed by atoms with Crippen LogP contribution in [0.4, 0.5) is 5.69 Å². The first-order valence-corrected chi connectivity index (χ1v) is 10.9. The van der Waals surface area contributed by atoms with Crippen molar-refractivity contribution < 1.29 is 13.2 Å². The number of carbonyl (C=O) groups excluding carboxylic acids is 1. The summed E-state index contributed by atoms with van der Waals surface area (Å²) in [7, 11) is -3.56. The van der Waals surface area contributed by atoms with Crippen LogP contribution in [0.2, 0.25) is 10.0 Å². The van der Waals surface area contributed by atoms with E-state index in [0.29, 0.717) is 27.8 Å². The lowest BCUT2D eigenvalue weighted by atomic mass is 10.1. The molecule has 0 saturated carbocycles. The summed E-state index contributed by atoms with van der Waals surface area (Å²) in [4.78, 5) is 12.6. The topological polar surface area (TPSA) is 66.5 Å². The Balaban J connectivity index is 1.77. The van der Waals surface area contributed by atoms with Crippen molar-refractivity contribution in [1.82, 2.24) is 4.31 Å². The summed E-state index contributed by atoms with van der Waals surface area (Å²) < 4.78 is 27.2. The van der Waals surface area contributed by atoms with Crippen molar-refractivity contribution in [2.45, 2.75) is 37.1 Å². The lowest BCUT2D eigenvalue weighted by Crippen LogP contribution is -2.41. The number of anilines is 1. The van der Waals surface area contributed by atoms with Gasteiger partial charge in [0.15, 0.2) is 0 Å². The summed E-state index contributed by atoms with van der Waals surface area (Å²) >= 11 is 11.9. The van der Waals surface area contributed by atoms with Crippen LogP contribution >= 0.6 is 23.2 Å². The second-order valence-corrected chi connectivity index (χ2v) is 9.30. The summed E-state index contributed by atoms with van der Waals surface area (Å²) in [6.45, 7) is 2.45. The van der Waals surface area contributed by atoms with Crippen LogP contribution < -0.4 is 5.32 Å². The van der Waals surface area contributed by atoms with E-state index >= 15 is 0 Å². The van der Waals surface area contributed by atoms with Gasteiger partial charge in [0.2, 0.25) is 10.0 Å². The summed E-state index contributed by atoms with van der Waals surface area (Å²) in [5.74, 6) is -0.380. The molecule has 1 unspecified atom stereocenters. The fourth-order valence-electron chi connectivity index (χ4n) is 3.13. The molecule has 0 bridgehead atoms. The smallest absolute Gasteiger partial charge is 0.255 e. The summed E-state index contributed by atoms with van der Waals surface area (Å²) in [5, 5.41) is 3.49. The van der Waals surface area contributed by atoms with Gasteiger partial charge >= 0.3 is 0 Å². The third-order valence-corrected chi connectivity index (χ3v) is 7.22. The van der Waals surface area contributed by atoms with Gasteiger partial charge in [-0.05, 0) is 62.2 Å². The number of carbonyl (C=O) groups is 1. The highest BCUT2D eigenvalue weighted by molar-refractivity contribution is 7.89. The van der Waals surface area contributed by atoms with Gasteiger partial charge < -0.3 is 5.32 Å². The predicted molar refractivity (Wildman–Crippen MR) is 108 cm³/mol. The van der Waals surface area contributed by atoms with Crippen molar-refractivity contribution in [1.29, 1.82) is 0 Å². The Bertz CT molecular complexity index is 946. The third-order valence-electron chi connectivity index (χ3n) is 4.64. The molecule has 1 aliphatic heterocycles. The summed E-state index contributed by atoms with van der Waals surface area (Å²) in [6.07, 6.45) is 2.77. The number of hydrogen-bond acceptors (Lipinski definition) is 3. The highest BCUT2D eigenvalue weighted by Crippen LogP contribution is 2.27. The minimum absolute atomic E-state index is 0.0150. The predicted octanol–water partition coefficient (Wildman–Crippen LogP) is 4.81. The maximum atomic E-state index is 12.8. The van der Waals surface area contributed by atoms with Crippen LogP contribution in [-0.2, 0) is 10.0 Å². The van der Waals surface area contributed by atoms with Crippen molar-refractivity contribution in [3.8, 4) is 0 Å². The number of amides is 1. The lowest BCUT2D eigenvalue weighted by Gasteiger charge is -2.32. The Labute approximate surface area is 169 Å². The highest BCUT2D eigenvalue weighted by atomic mass is 35.5. The molecular formula is C19H20Cl2N2O3S. The van der Waals surface area contributed by atoms with Crippen LogP contribution in [0.1, 0.15) is 36.5 Å². The number of sulfonamides is 1. The van der Waals surface area contributed by atoms with Crippen molar-refractivity contribution in [2.75, 3.05) is 11.9 Å². The molecule has 3 rings (SSSR count). The molecule has 1 aliphatic rings. The van der Waals surface area contributed by atoms with E-state index in [1.54, 1.807) is 16.4 Å². The van der Waals surface area contributed by atoms with E-state index in [1.807, 2.05) is 6.92 Å². The fourth-order valence-corrected chi connectivity index (χ4v) is 5.28. The van der Waals surface area contributed by atoms with E-state index < -0.39 is 10.0 Å². The molecule has 2 aromatic rings. The normalized spacial score (nSPS) is 18.3. The quantitative estimate of drug-likeness (QED) is 0.762. The number of piperidine rings is 1. The van der Waals surface area contributed by atoms with Gasteiger partial charge in [0.25, 0.3) is 5.91 Å². The average molecular weight is 427 g/mol. The zero-order valence-corrected chi connectivity index (χ0v) is 17.1. The maximum absolute atomic E-state index is 12.8. The first kappa shape index (κ1) is 20.1. The Morgan fingerprint density at radius 3 is 2.44 bits per heavy atom. The van der Waals surface area contributed by atoms with Gasteiger partial charge in [0.05, 0.1) is 15.6 Å². The number of rotatable bonds is 4. The zero-order chi connectivity index (χ0) is 19.6. The Morgan fingerprint density at radius 2 is 1.81 bits per heavy atom. The monoisotopic (exact) mass is 426 g/mol. The highest BCUT2D eigenvalue weighted by Gasteiger charge is 2.30. The molecule has 1 fully saturated rings. The number of nitrogens with zero attached hydrogens (tertiary/aromatic N) is 1. The summed E-state index contributed by atoms with van der Waals surface area (Å²) in [6, 6.07) is 10.7. The van der Waals surface area contributed by atoms with Crippen molar-refractivity contribution >= 4 is 44.8 Å². The van der Waals surface area contributed by atoms with Crippen LogP contribution in [0.5, 0.6) is 0 Å². The molecule has 5 nitrogen and oxygen atoms in total. The molecule has 1 saturated heterocycles. The fraction of sp³-hybridized carbons (Fsp3) is 0.316. The molecule has 1 N–H and O–H groups in total. The van der Waals surface area contributed by atoms with Gasteiger partial charge in [-0.1, -0.05) is 29.6 Å². The molecule has 1 heterocycles. The van der Waals surface area contributed by atoms with Gasteiger partial charge in [-0.25, -0.2) is 8.42 Å². The Morgan fingerprint density at radius 1 is 1.11 bits per heavy atom. The van der Waals surface area contributed by atoms with Gasteiger partial charge in [-0.2, -0.15) is 4.31 Å². The van der Waals surface area contributed by atoms with Crippen LogP contribution in [-0.4, -0.2) is 31.2 Å². The largest absolute Gasteiger partial charge is 0.321 e. The molecule has 0 radical (unpaired) electrons. The van der Waals surface area contributed by atoms with E-state index in [-0.39, 0.29) is 16.8 Å². The second-order valence-electron chi connectivity index (χ2n) is 6.56. The van der Waals surface area contributed by atoms with Crippen LogP contribution in [0, 0.1) is 0 Å². The number of nitrogens with one attached hydrogen (secondary N) is 1. The standard InChI is InChI=1S/C19H20Cl2N2O3S/c1-13-4-2-3-11-23(13)27(25,26)16-8-5-14(6-9-16)19(24)22-18-10-7-15(20)12-17(18)21/h5-10,12-13H,2-4,11H2,1H3,(H,22,24). The molecule has 8 heteroatoms. The molecule has 144 valence electrons. The van der Waals surface area contributed by atoms with Crippen LogP contribution in [0.3, 0.4) is 0 Å². The molecule has 0 aliphatic carbocycles. The number of halogens is 2. The zero-order valence-electron chi connectivity index (χ0n) is 14.8. The van der Waals surface area contributed by atoms with Gasteiger partial charge in [-0.3, -0.25) is 4.79 Å². The first-order chi connectivity index (χ1) is 12.8. The Kier molecular flexibility index (Phi) is 6.11. The first-order valence-electron chi connectivity index (χ1n) is 8.67. The van der Waals surface area contributed by atoms with E-state index in [4.69, 9.17) is 23.2 Å². The molecule has 27 heavy (non-hydrogen) atoms. The second kappa shape index (κ2) is 8.19. The van der Waals surface area contributed by atoms with Crippen molar-refractivity contribution in [2.24, 2.45) is 0 Å². The maximum Gasteiger partial charge on any atom is 0.255 e. The minimum Gasteiger partial charge on any atom is -0.321 e. The van der Waals surface area contributed by atoms with Gasteiger partial charge in [0, 0.05) is 23.2 Å². The molecule has 1 amide bonds. The third kappa shape index (κ3) is 4.46. The van der Waals surface area contributed by atoms with Crippen molar-refractivity contribution in [3.63, 3.8) is 0 Å². The molecule has 0 spiro atoms. The SMILES string of the molecule is CC1CCCCN1S(=O)(=O)c1ccc(C(=O)Nc2ccc(Cl)cc2Cl)cc1. The minimum atomic E-state index is -3.56. The molecule has 1 atom stereocenters. The van der Waals surface area contributed by atoms with E-state index in [9.17, 15) is 13.2 Å².